The van der Waals surface area contributed by atoms with E-state index in [2.05, 4.69) is 50.6 Å². The Morgan fingerprint density at radius 1 is 1.27 bits per heavy atom. The Kier molecular flexibility index (Phi) is 2.42. The maximum absolute atomic E-state index is 4.53. The Morgan fingerprint density at radius 2 is 2.07 bits per heavy atom. The highest BCUT2D eigenvalue weighted by atomic mass is 127. The normalized spacial score (nSPS) is 17.7. The van der Waals surface area contributed by atoms with Crippen LogP contribution in [0.5, 0.6) is 0 Å². The Labute approximate surface area is 103 Å². The van der Waals surface area contributed by atoms with Gasteiger partial charge in [0.1, 0.15) is 0 Å². The average molecular weight is 312 g/mol. The molecule has 0 N–H and O–H groups in total. The van der Waals surface area contributed by atoms with Crippen LogP contribution in [-0.2, 0) is 0 Å². The first kappa shape index (κ1) is 9.63. The van der Waals surface area contributed by atoms with E-state index < -0.39 is 0 Å². The highest BCUT2D eigenvalue weighted by Gasteiger charge is 2.18. The zero-order chi connectivity index (χ0) is 10.3. The molecule has 2 aromatic rings. The van der Waals surface area contributed by atoms with E-state index in [-0.39, 0.29) is 0 Å². The molecule has 0 spiro atoms. The highest BCUT2D eigenvalue weighted by Crippen LogP contribution is 2.31. The fourth-order valence-corrected chi connectivity index (χ4v) is 2.98. The van der Waals surface area contributed by atoms with Crippen molar-refractivity contribution in [3.05, 3.63) is 28.0 Å². The maximum Gasteiger partial charge on any atom is 0.0686 e. The van der Waals surface area contributed by atoms with Gasteiger partial charge in [0.05, 0.1) is 17.8 Å². The van der Waals surface area contributed by atoms with Gasteiger partial charge in [0.2, 0.25) is 0 Å². The molecule has 0 aliphatic heterocycles. The smallest absolute Gasteiger partial charge is 0.0686 e. The number of halogens is 1. The quantitative estimate of drug-likeness (QED) is 0.733. The molecule has 0 radical (unpaired) electrons. The molecule has 1 aliphatic rings. The largest absolute Gasteiger partial charge is 0.262 e. The van der Waals surface area contributed by atoms with E-state index in [1.165, 1.54) is 40.2 Å². The predicted molar refractivity (Wildman–Crippen MR) is 70.0 cm³/mol. The van der Waals surface area contributed by atoms with E-state index in [0.29, 0.717) is 6.04 Å². The van der Waals surface area contributed by atoms with Crippen molar-refractivity contribution < 1.29 is 0 Å². The van der Waals surface area contributed by atoms with Gasteiger partial charge < -0.3 is 0 Å². The molecule has 2 nitrogen and oxygen atoms in total. The van der Waals surface area contributed by atoms with Crippen molar-refractivity contribution in [2.45, 2.75) is 31.7 Å². The van der Waals surface area contributed by atoms with E-state index in [1.54, 1.807) is 0 Å². The number of hydrogen-bond donors (Lipinski definition) is 0. The summed E-state index contributed by atoms with van der Waals surface area (Å²) < 4.78 is 3.50. The standard InChI is InChI=1S/C12H13IN2/c13-10-5-6-12-9(7-10)8-14-15(12)11-3-1-2-4-11/h5-8,11H,1-4H2. The molecular formula is C12H13IN2. The molecule has 1 saturated carbocycles. The number of rotatable bonds is 1. The second kappa shape index (κ2) is 3.77. The van der Waals surface area contributed by atoms with Crippen molar-refractivity contribution in [1.82, 2.24) is 9.78 Å². The summed E-state index contributed by atoms with van der Waals surface area (Å²) in [5, 5.41) is 5.80. The van der Waals surface area contributed by atoms with E-state index >= 15 is 0 Å². The van der Waals surface area contributed by atoms with Gasteiger partial charge in [0, 0.05) is 8.96 Å². The van der Waals surface area contributed by atoms with Crippen molar-refractivity contribution in [1.29, 1.82) is 0 Å². The summed E-state index contributed by atoms with van der Waals surface area (Å²) in [6, 6.07) is 7.20. The zero-order valence-corrected chi connectivity index (χ0v) is 10.6. The van der Waals surface area contributed by atoms with Gasteiger partial charge in [-0.15, -0.1) is 0 Å². The molecule has 15 heavy (non-hydrogen) atoms. The van der Waals surface area contributed by atoms with E-state index in [4.69, 9.17) is 0 Å². The number of nitrogens with zero attached hydrogens (tertiary/aromatic N) is 2. The lowest BCUT2D eigenvalue weighted by atomic mass is 10.2. The summed E-state index contributed by atoms with van der Waals surface area (Å²) in [6.07, 6.45) is 7.30. The maximum atomic E-state index is 4.53. The van der Waals surface area contributed by atoms with Gasteiger partial charge in [-0.05, 0) is 53.6 Å². The lowest BCUT2D eigenvalue weighted by Gasteiger charge is -2.10. The van der Waals surface area contributed by atoms with Crippen LogP contribution in [0.3, 0.4) is 0 Å². The van der Waals surface area contributed by atoms with Crippen LogP contribution in [0.15, 0.2) is 24.4 Å². The molecule has 1 aliphatic carbocycles. The lowest BCUT2D eigenvalue weighted by Crippen LogP contribution is -2.05. The number of hydrogen-bond acceptors (Lipinski definition) is 1. The first-order chi connectivity index (χ1) is 7.34. The van der Waals surface area contributed by atoms with Gasteiger partial charge in [-0.25, -0.2) is 0 Å². The zero-order valence-electron chi connectivity index (χ0n) is 8.49. The van der Waals surface area contributed by atoms with Crippen LogP contribution < -0.4 is 0 Å². The fourth-order valence-electron chi connectivity index (χ4n) is 2.46. The third-order valence-electron chi connectivity index (χ3n) is 3.23. The summed E-state index contributed by atoms with van der Waals surface area (Å²) >= 11 is 2.35. The average Bonchev–Trinajstić information content (AvgIpc) is 2.82. The lowest BCUT2D eigenvalue weighted by molar-refractivity contribution is 0.482. The fraction of sp³-hybridized carbons (Fsp3) is 0.417. The Balaban J connectivity index is 2.11. The third-order valence-corrected chi connectivity index (χ3v) is 3.90. The van der Waals surface area contributed by atoms with Crippen molar-refractivity contribution in [3.63, 3.8) is 0 Å². The van der Waals surface area contributed by atoms with Crippen LogP contribution in [0, 0.1) is 3.57 Å². The topological polar surface area (TPSA) is 17.8 Å². The Morgan fingerprint density at radius 3 is 2.87 bits per heavy atom. The minimum atomic E-state index is 0.641. The third kappa shape index (κ3) is 1.67. The van der Waals surface area contributed by atoms with Crippen molar-refractivity contribution in [3.8, 4) is 0 Å². The molecule has 0 bridgehead atoms. The second-order valence-corrected chi connectivity index (χ2v) is 5.48. The summed E-state index contributed by atoms with van der Waals surface area (Å²) in [7, 11) is 0. The van der Waals surface area contributed by atoms with Crippen LogP contribution >= 0.6 is 22.6 Å². The molecule has 0 amide bonds. The Hall–Kier alpha value is -0.580. The number of benzene rings is 1. The van der Waals surface area contributed by atoms with E-state index in [9.17, 15) is 0 Å². The first-order valence-corrected chi connectivity index (χ1v) is 6.55. The van der Waals surface area contributed by atoms with Crippen LogP contribution in [0.1, 0.15) is 31.7 Å². The molecule has 0 atom stereocenters. The van der Waals surface area contributed by atoms with Gasteiger partial charge in [0.25, 0.3) is 0 Å². The van der Waals surface area contributed by atoms with Crippen LogP contribution in [-0.4, -0.2) is 9.78 Å². The second-order valence-electron chi connectivity index (χ2n) is 4.23. The first-order valence-electron chi connectivity index (χ1n) is 5.47. The van der Waals surface area contributed by atoms with E-state index in [0.717, 1.165) is 0 Å². The van der Waals surface area contributed by atoms with Crippen molar-refractivity contribution in [2.75, 3.05) is 0 Å². The SMILES string of the molecule is Ic1ccc2c(cnn2C2CCCC2)c1. The molecule has 1 aromatic heterocycles. The molecule has 78 valence electrons. The Bertz CT molecular complexity index is 483. The van der Waals surface area contributed by atoms with Crippen LogP contribution in [0.4, 0.5) is 0 Å². The molecule has 0 saturated heterocycles. The van der Waals surface area contributed by atoms with Crippen LogP contribution in [0.2, 0.25) is 0 Å². The van der Waals surface area contributed by atoms with Crippen molar-refractivity contribution >= 4 is 33.5 Å². The molecule has 1 fully saturated rings. The van der Waals surface area contributed by atoms with Gasteiger partial charge >= 0.3 is 0 Å². The molecule has 3 heteroatoms. The highest BCUT2D eigenvalue weighted by molar-refractivity contribution is 14.1. The minimum absolute atomic E-state index is 0.641. The summed E-state index contributed by atoms with van der Waals surface area (Å²) in [5.41, 5.74) is 1.29. The van der Waals surface area contributed by atoms with Gasteiger partial charge in [-0.2, -0.15) is 5.10 Å². The molecule has 1 heterocycles. The monoisotopic (exact) mass is 312 g/mol. The molecule has 0 unspecified atom stereocenters. The predicted octanol–water partition coefficient (Wildman–Crippen LogP) is 3.76. The molecular weight excluding hydrogens is 299 g/mol. The number of aromatic nitrogens is 2. The van der Waals surface area contributed by atoms with Gasteiger partial charge in [-0.3, -0.25) is 4.68 Å². The summed E-state index contributed by atoms with van der Waals surface area (Å²) in [5.74, 6) is 0. The minimum Gasteiger partial charge on any atom is -0.262 e. The summed E-state index contributed by atoms with van der Waals surface area (Å²) in [6.45, 7) is 0. The molecule has 1 aromatic carbocycles. The van der Waals surface area contributed by atoms with Crippen molar-refractivity contribution in [2.24, 2.45) is 0 Å². The molecule has 3 rings (SSSR count). The van der Waals surface area contributed by atoms with E-state index in [1.807, 2.05) is 6.20 Å². The summed E-state index contributed by atoms with van der Waals surface area (Å²) in [4.78, 5) is 0. The van der Waals surface area contributed by atoms with Gasteiger partial charge in [0.15, 0.2) is 0 Å². The van der Waals surface area contributed by atoms with Crippen LogP contribution in [0.25, 0.3) is 10.9 Å². The number of fused-ring (bicyclic) bond motifs is 1. The van der Waals surface area contributed by atoms with Gasteiger partial charge in [-0.1, -0.05) is 12.8 Å².